The Morgan fingerprint density at radius 1 is 0.939 bits per heavy atom. The third-order valence-corrected chi connectivity index (χ3v) is 7.43. The largest absolute Gasteiger partial charge is 0.379 e. The van der Waals surface area contributed by atoms with Gasteiger partial charge in [-0.25, -0.2) is 15.0 Å². The summed E-state index contributed by atoms with van der Waals surface area (Å²) in [6.07, 6.45) is 5.66. The van der Waals surface area contributed by atoms with Crippen molar-refractivity contribution in [3.05, 3.63) is 47.5 Å². The first kappa shape index (κ1) is 20.8. The molecule has 33 heavy (non-hydrogen) atoms. The van der Waals surface area contributed by atoms with Crippen LogP contribution in [0.5, 0.6) is 0 Å². The second kappa shape index (κ2) is 9.21. The Labute approximate surface area is 197 Å². The molecule has 0 amide bonds. The highest BCUT2D eigenvalue weighted by molar-refractivity contribution is 7.14. The van der Waals surface area contributed by atoms with Gasteiger partial charge in [0, 0.05) is 55.4 Å². The minimum Gasteiger partial charge on any atom is -0.379 e. The van der Waals surface area contributed by atoms with Crippen LogP contribution in [0.2, 0.25) is 0 Å². The van der Waals surface area contributed by atoms with Crippen molar-refractivity contribution in [3.8, 4) is 22.6 Å². The molecule has 0 unspecified atom stereocenters. The number of piperidine rings is 1. The molecule has 2 aliphatic rings. The molecule has 3 aromatic heterocycles. The molecule has 2 saturated heterocycles. The topological polar surface area (TPSA) is 70.2 Å². The number of pyridine rings is 1. The Kier molecular flexibility index (Phi) is 5.80. The van der Waals surface area contributed by atoms with Crippen molar-refractivity contribution in [2.45, 2.75) is 25.8 Å². The van der Waals surface area contributed by atoms with E-state index in [-0.39, 0.29) is 0 Å². The maximum atomic E-state index is 5.45. The lowest BCUT2D eigenvalue weighted by Gasteiger charge is -2.26. The Hall–Kier alpha value is -2.81. The second-order valence-electron chi connectivity index (χ2n) is 8.79. The van der Waals surface area contributed by atoms with Crippen LogP contribution < -0.4 is 4.90 Å². The number of nitrogens with zero attached hydrogens (tertiary/aromatic N) is 5. The van der Waals surface area contributed by atoms with Crippen LogP contribution in [0.25, 0.3) is 33.8 Å². The van der Waals surface area contributed by atoms with Crippen LogP contribution in [0.1, 0.15) is 24.8 Å². The number of H-pyrrole nitrogens is 1. The van der Waals surface area contributed by atoms with Crippen molar-refractivity contribution in [1.29, 1.82) is 0 Å². The Morgan fingerprint density at radius 3 is 2.58 bits per heavy atom. The number of morpholine rings is 1. The van der Waals surface area contributed by atoms with Gasteiger partial charge in [0.1, 0.15) is 5.82 Å². The highest BCUT2D eigenvalue weighted by Crippen LogP contribution is 2.33. The maximum Gasteiger partial charge on any atom is 0.185 e. The molecule has 0 bridgehead atoms. The smallest absolute Gasteiger partial charge is 0.185 e. The summed E-state index contributed by atoms with van der Waals surface area (Å²) in [6, 6.07) is 10.7. The summed E-state index contributed by atoms with van der Waals surface area (Å²) in [6.45, 7) is 6.81. The average molecular weight is 461 g/mol. The van der Waals surface area contributed by atoms with E-state index in [1.165, 1.54) is 24.8 Å². The van der Waals surface area contributed by atoms with Crippen LogP contribution in [-0.2, 0) is 11.3 Å². The Balaban J connectivity index is 1.25. The molecule has 8 heteroatoms. The molecule has 0 spiro atoms. The van der Waals surface area contributed by atoms with E-state index < -0.39 is 0 Å². The maximum absolute atomic E-state index is 5.45. The molecule has 0 aliphatic carbocycles. The molecular formula is C25H28N6OS. The first-order valence-electron chi connectivity index (χ1n) is 11.8. The van der Waals surface area contributed by atoms with Gasteiger partial charge in [-0.3, -0.25) is 4.90 Å². The van der Waals surface area contributed by atoms with Crippen molar-refractivity contribution in [1.82, 2.24) is 24.8 Å². The summed E-state index contributed by atoms with van der Waals surface area (Å²) in [5.74, 6) is 0.842. The van der Waals surface area contributed by atoms with Gasteiger partial charge in [0.2, 0.25) is 0 Å². The quantitative estimate of drug-likeness (QED) is 0.470. The fourth-order valence-electron chi connectivity index (χ4n) is 4.67. The SMILES string of the molecule is c1cc(-c2csc(N3CCCCC3)n2)c2[nH]c(-c3ccc(CN4CCOCC4)cc3)nc2n1. The predicted octanol–water partition coefficient (Wildman–Crippen LogP) is 4.57. The lowest BCUT2D eigenvalue weighted by molar-refractivity contribution is 0.0342. The lowest BCUT2D eigenvalue weighted by Crippen LogP contribution is -2.35. The minimum absolute atomic E-state index is 0.729. The second-order valence-corrected chi connectivity index (χ2v) is 9.63. The zero-order chi connectivity index (χ0) is 22.0. The van der Waals surface area contributed by atoms with Gasteiger partial charge in [0.25, 0.3) is 0 Å². The molecule has 1 N–H and O–H groups in total. The molecule has 7 nitrogen and oxygen atoms in total. The standard InChI is InChI=1S/C25H28N6OS/c1-2-10-31(11-3-1)25-27-21(17-33-25)20-8-9-26-24-22(20)28-23(29-24)19-6-4-18(5-7-19)16-30-12-14-32-15-13-30/h4-9,17H,1-3,10-16H2,(H,26,28,29). The zero-order valence-corrected chi connectivity index (χ0v) is 19.5. The first-order chi connectivity index (χ1) is 16.3. The average Bonchev–Trinajstić information content (AvgIpc) is 3.53. The lowest BCUT2D eigenvalue weighted by atomic mass is 10.1. The van der Waals surface area contributed by atoms with Gasteiger partial charge >= 0.3 is 0 Å². The van der Waals surface area contributed by atoms with Gasteiger partial charge in [-0.1, -0.05) is 24.3 Å². The number of imidazole rings is 1. The van der Waals surface area contributed by atoms with Crippen molar-refractivity contribution < 1.29 is 4.74 Å². The van der Waals surface area contributed by atoms with Gasteiger partial charge in [0.05, 0.1) is 24.4 Å². The number of fused-ring (bicyclic) bond motifs is 1. The number of benzene rings is 1. The number of anilines is 1. The van der Waals surface area contributed by atoms with Crippen LogP contribution >= 0.6 is 11.3 Å². The predicted molar refractivity (Wildman–Crippen MR) is 133 cm³/mol. The molecule has 5 heterocycles. The van der Waals surface area contributed by atoms with Crippen LogP contribution in [0, 0.1) is 0 Å². The fraction of sp³-hybridized carbons (Fsp3) is 0.400. The monoisotopic (exact) mass is 460 g/mol. The van der Waals surface area contributed by atoms with Crippen LogP contribution in [-0.4, -0.2) is 64.2 Å². The van der Waals surface area contributed by atoms with E-state index in [1.54, 1.807) is 11.3 Å². The Morgan fingerprint density at radius 2 is 1.76 bits per heavy atom. The van der Waals surface area contributed by atoms with Crippen LogP contribution in [0.4, 0.5) is 5.13 Å². The van der Waals surface area contributed by atoms with Gasteiger partial charge in [0.15, 0.2) is 10.8 Å². The third kappa shape index (κ3) is 4.38. The number of thiazole rings is 1. The molecule has 1 aromatic carbocycles. The number of aromatic amines is 1. The van der Waals surface area contributed by atoms with Gasteiger partial charge in [-0.05, 0) is 30.9 Å². The van der Waals surface area contributed by atoms with E-state index in [9.17, 15) is 0 Å². The minimum atomic E-state index is 0.729. The van der Waals surface area contributed by atoms with Crippen molar-refractivity contribution >= 4 is 27.6 Å². The highest BCUT2D eigenvalue weighted by atomic mass is 32.1. The number of hydrogen-bond donors (Lipinski definition) is 1. The summed E-state index contributed by atoms with van der Waals surface area (Å²) < 4.78 is 5.45. The molecule has 2 aliphatic heterocycles. The molecule has 6 rings (SSSR count). The van der Waals surface area contributed by atoms with Gasteiger partial charge in [-0.15, -0.1) is 11.3 Å². The summed E-state index contributed by atoms with van der Waals surface area (Å²) in [7, 11) is 0. The van der Waals surface area contributed by atoms with E-state index in [4.69, 9.17) is 14.7 Å². The molecule has 4 aromatic rings. The number of rotatable bonds is 5. The summed E-state index contributed by atoms with van der Waals surface area (Å²) >= 11 is 1.73. The highest BCUT2D eigenvalue weighted by Gasteiger charge is 2.18. The number of nitrogens with one attached hydrogen (secondary N) is 1. The zero-order valence-electron chi connectivity index (χ0n) is 18.7. The number of hydrogen-bond acceptors (Lipinski definition) is 7. The molecule has 0 saturated carbocycles. The molecule has 0 radical (unpaired) electrons. The summed E-state index contributed by atoms with van der Waals surface area (Å²) in [5, 5.41) is 3.27. The normalized spacial score (nSPS) is 17.6. The van der Waals surface area contributed by atoms with Crippen LogP contribution in [0.15, 0.2) is 41.9 Å². The van der Waals surface area contributed by atoms with Crippen molar-refractivity contribution in [2.24, 2.45) is 0 Å². The molecule has 0 atom stereocenters. The van der Waals surface area contributed by atoms with E-state index in [1.807, 2.05) is 12.3 Å². The number of ether oxygens (including phenoxy) is 1. The van der Waals surface area contributed by atoms with Gasteiger partial charge < -0.3 is 14.6 Å². The van der Waals surface area contributed by atoms with E-state index >= 15 is 0 Å². The van der Waals surface area contributed by atoms with Gasteiger partial charge in [-0.2, -0.15) is 0 Å². The fourth-order valence-corrected chi connectivity index (χ4v) is 5.54. The third-order valence-electron chi connectivity index (χ3n) is 6.52. The first-order valence-corrected chi connectivity index (χ1v) is 12.7. The summed E-state index contributed by atoms with van der Waals surface area (Å²) in [5.41, 5.74) is 6.10. The summed E-state index contributed by atoms with van der Waals surface area (Å²) in [4.78, 5) is 22.6. The van der Waals surface area contributed by atoms with Crippen molar-refractivity contribution in [3.63, 3.8) is 0 Å². The van der Waals surface area contributed by atoms with Crippen molar-refractivity contribution in [2.75, 3.05) is 44.3 Å². The van der Waals surface area contributed by atoms with E-state index in [0.717, 1.165) is 84.9 Å². The number of aromatic nitrogens is 4. The van der Waals surface area contributed by atoms with E-state index in [2.05, 4.69) is 49.4 Å². The Bertz CT molecular complexity index is 1220. The molecule has 2 fully saturated rings. The molecule has 170 valence electrons. The molecular weight excluding hydrogens is 432 g/mol. The van der Waals surface area contributed by atoms with Crippen LogP contribution in [0.3, 0.4) is 0 Å². The van der Waals surface area contributed by atoms with E-state index in [0.29, 0.717) is 0 Å².